The van der Waals surface area contributed by atoms with Crippen molar-refractivity contribution in [1.82, 2.24) is 19.6 Å². The van der Waals surface area contributed by atoms with E-state index in [1.54, 1.807) is 30.6 Å². The van der Waals surface area contributed by atoms with E-state index in [0.29, 0.717) is 11.5 Å². The zero-order valence-corrected chi connectivity index (χ0v) is 10.9. The molecule has 0 saturated heterocycles. The van der Waals surface area contributed by atoms with Crippen LogP contribution in [0, 0.1) is 0 Å². The van der Waals surface area contributed by atoms with Crippen LogP contribution in [0.4, 0.5) is 11.5 Å². The van der Waals surface area contributed by atoms with E-state index in [0.717, 1.165) is 16.7 Å². The predicted molar refractivity (Wildman–Crippen MR) is 79.7 cm³/mol. The van der Waals surface area contributed by atoms with Gasteiger partial charge in [0, 0.05) is 5.69 Å². The highest BCUT2D eigenvalue weighted by Crippen LogP contribution is 2.23. The molecule has 2 N–H and O–H groups in total. The van der Waals surface area contributed by atoms with Crippen molar-refractivity contribution in [3.8, 4) is 5.75 Å². The van der Waals surface area contributed by atoms with Crippen LogP contribution in [0.15, 0.2) is 54.9 Å². The van der Waals surface area contributed by atoms with Gasteiger partial charge in [-0.05, 0) is 36.4 Å². The minimum Gasteiger partial charge on any atom is -0.508 e. The highest BCUT2D eigenvalue weighted by molar-refractivity contribution is 5.83. The number of hydrogen-bond acceptors (Lipinski definition) is 5. The van der Waals surface area contributed by atoms with Gasteiger partial charge in [0.05, 0.1) is 11.0 Å². The van der Waals surface area contributed by atoms with Gasteiger partial charge in [-0.2, -0.15) is 0 Å². The Morgan fingerprint density at radius 2 is 1.81 bits per heavy atom. The van der Waals surface area contributed by atoms with Crippen LogP contribution >= 0.6 is 0 Å². The molecule has 2 aromatic heterocycles. The lowest BCUT2D eigenvalue weighted by Gasteiger charge is -2.09. The predicted octanol–water partition coefficient (Wildman–Crippen LogP) is 2.73. The number of phenols is 1. The minimum atomic E-state index is 0.222. The highest BCUT2D eigenvalue weighted by atomic mass is 16.3. The molecular weight excluding hydrogens is 266 g/mol. The van der Waals surface area contributed by atoms with Crippen LogP contribution in [0.1, 0.15) is 0 Å². The molecule has 6 heteroatoms. The second kappa shape index (κ2) is 4.45. The van der Waals surface area contributed by atoms with Crippen molar-refractivity contribution in [2.75, 3.05) is 5.32 Å². The molecule has 0 aliphatic rings. The van der Waals surface area contributed by atoms with E-state index in [9.17, 15) is 5.11 Å². The van der Waals surface area contributed by atoms with Crippen LogP contribution in [0.25, 0.3) is 16.7 Å². The molecule has 0 aliphatic heterocycles. The Bertz CT molecular complexity index is 930. The van der Waals surface area contributed by atoms with E-state index >= 15 is 0 Å². The fourth-order valence-corrected chi connectivity index (χ4v) is 2.27. The van der Waals surface area contributed by atoms with Crippen LogP contribution < -0.4 is 5.32 Å². The molecule has 0 unspecified atom stereocenters. The first-order valence-corrected chi connectivity index (χ1v) is 6.46. The van der Waals surface area contributed by atoms with Gasteiger partial charge in [0.15, 0.2) is 5.82 Å². The molecule has 102 valence electrons. The lowest BCUT2D eigenvalue weighted by Crippen LogP contribution is -1.99. The van der Waals surface area contributed by atoms with Gasteiger partial charge in [-0.25, -0.2) is 4.98 Å². The molecule has 0 amide bonds. The van der Waals surface area contributed by atoms with Gasteiger partial charge >= 0.3 is 0 Å². The molecule has 0 saturated carbocycles. The maximum atomic E-state index is 9.33. The second-order valence-corrected chi connectivity index (χ2v) is 4.65. The quantitative estimate of drug-likeness (QED) is 0.551. The van der Waals surface area contributed by atoms with Crippen molar-refractivity contribution in [3.05, 3.63) is 54.9 Å². The first-order chi connectivity index (χ1) is 10.3. The third-order valence-corrected chi connectivity index (χ3v) is 3.26. The molecule has 6 nitrogen and oxygen atoms in total. The first kappa shape index (κ1) is 11.7. The smallest absolute Gasteiger partial charge is 0.204 e. The molecule has 2 heterocycles. The lowest BCUT2D eigenvalue weighted by molar-refractivity contribution is 0.475. The summed E-state index contributed by atoms with van der Waals surface area (Å²) in [7, 11) is 0. The van der Waals surface area contributed by atoms with Crippen molar-refractivity contribution in [2.45, 2.75) is 0 Å². The number of benzene rings is 2. The molecular formula is C15H11N5O. The summed E-state index contributed by atoms with van der Waals surface area (Å²) in [5, 5.41) is 20.6. The summed E-state index contributed by atoms with van der Waals surface area (Å²) in [5.41, 5.74) is 3.28. The molecule has 0 fully saturated rings. The number of phenolic OH excluding ortho intramolecular Hbond substituents is 1. The molecule has 4 rings (SSSR count). The third kappa shape index (κ3) is 1.93. The Hall–Kier alpha value is -3.15. The average Bonchev–Trinajstić information content (AvgIpc) is 3.00. The van der Waals surface area contributed by atoms with Gasteiger partial charge < -0.3 is 10.4 Å². The monoisotopic (exact) mass is 277 g/mol. The minimum absolute atomic E-state index is 0.222. The van der Waals surface area contributed by atoms with Gasteiger partial charge in [0.2, 0.25) is 5.65 Å². The van der Waals surface area contributed by atoms with Gasteiger partial charge in [0.25, 0.3) is 0 Å². The standard InChI is InChI=1S/C15H11N5O/c21-11-7-5-10(6-8-11)17-14-15-19-16-9-20(15)13-4-2-1-3-12(13)18-14/h1-9,21H,(H,17,18). The van der Waals surface area contributed by atoms with Crippen LogP contribution in [0.5, 0.6) is 5.75 Å². The van der Waals surface area contributed by atoms with Gasteiger partial charge in [-0.15, -0.1) is 10.2 Å². The highest BCUT2D eigenvalue weighted by Gasteiger charge is 2.10. The Kier molecular flexibility index (Phi) is 2.47. The average molecular weight is 277 g/mol. The third-order valence-electron chi connectivity index (χ3n) is 3.26. The largest absolute Gasteiger partial charge is 0.508 e. The lowest BCUT2D eigenvalue weighted by atomic mass is 10.3. The van der Waals surface area contributed by atoms with Crippen molar-refractivity contribution < 1.29 is 5.11 Å². The zero-order valence-electron chi connectivity index (χ0n) is 10.9. The topological polar surface area (TPSA) is 75.3 Å². The Morgan fingerprint density at radius 3 is 2.67 bits per heavy atom. The number of anilines is 2. The molecule has 21 heavy (non-hydrogen) atoms. The zero-order chi connectivity index (χ0) is 14.2. The second-order valence-electron chi connectivity index (χ2n) is 4.65. The number of nitrogens with one attached hydrogen (secondary N) is 1. The maximum absolute atomic E-state index is 9.33. The van der Waals surface area contributed by atoms with E-state index in [1.165, 1.54) is 0 Å². The van der Waals surface area contributed by atoms with Crippen molar-refractivity contribution in [2.24, 2.45) is 0 Å². The van der Waals surface area contributed by atoms with Crippen molar-refractivity contribution in [3.63, 3.8) is 0 Å². The van der Waals surface area contributed by atoms with Crippen molar-refractivity contribution in [1.29, 1.82) is 0 Å². The molecule has 0 atom stereocenters. The molecule has 0 radical (unpaired) electrons. The van der Waals surface area contributed by atoms with Gasteiger partial charge in [-0.3, -0.25) is 4.40 Å². The normalized spacial score (nSPS) is 11.0. The summed E-state index contributed by atoms with van der Waals surface area (Å²) in [6.45, 7) is 0. The SMILES string of the molecule is Oc1ccc(Nc2nc3ccccc3n3cnnc23)cc1. The van der Waals surface area contributed by atoms with E-state index in [1.807, 2.05) is 28.7 Å². The fourth-order valence-electron chi connectivity index (χ4n) is 2.27. The molecule has 0 spiro atoms. The Balaban J connectivity index is 1.90. The van der Waals surface area contributed by atoms with E-state index < -0.39 is 0 Å². The number of rotatable bonds is 2. The van der Waals surface area contributed by atoms with Crippen LogP contribution in [-0.2, 0) is 0 Å². The number of hydrogen-bond donors (Lipinski definition) is 2. The first-order valence-electron chi connectivity index (χ1n) is 6.46. The Labute approximate surface area is 119 Å². The van der Waals surface area contributed by atoms with Crippen LogP contribution in [0.2, 0.25) is 0 Å². The van der Waals surface area contributed by atoms with E-state index in [2.05, 4.69) is 20.5 Å². The molecule has 2 aromatic carbocycles. The van der Waals surface area contributed by atoms with Crippen LogP contribution in [0.3, 0.4) is 0 Å². The number of nitrogens with zero attached hydrogens (tertiary/aromatic N) is 4. The summed E-state index contributed by atoms with van der Waals surface area (Å²) in [4.78, 5) is 4.60. The number of para-hydroxylation sites is 2. The van der Waals surface area contributed by atoms with E-state index in [4.69, 9.17) is 0 Å². The summed E-state index contributed by atoms with van der Waals surface area (Å²) in [5.74, 6) is 0.844. The Morgan fingerprint density at radius 1 is 1.00 bits per heavy atom. The molecule has 4 aromatic rings. The van der Waals surface area contributed by atoms with Crippen LogP contribution in [-0.4, -0.2) is 24.7 Å². The molecule has 0 aliphatic carbocycles. The number of aromatic nitrogens is 4. The number of aromatic hydroxyl groups is 1. The number of fused-ring (bicyclic) bond motifs is 3. The van der Waals surface area contributed by atoms with E-state index in [-0.39, 0.29) is 5.75 Å². The maximum Gasteiger partial charge on any atom is 0.204 e. The van der Waals surface area contributed by atoms with Gasteiger partial charge in [0.1, 0.15) is 12.1 Å². The van der Waals surface area contributed by atoms with Crippen molar-refractivity contribution >= 4 is 28.2 Å². The summed E-state index contributed by atoms with van der Waals surface area (Å²) >= 11 is 0. The summed E-state index contributed by atoms with van der Waals surface area (Å²) in [6, 6.07) is 14.6. The molecule has 0 bridgehead atoms. The van der Waals surface area contributed by atoms with Gasteiger partial charge in [-0.1, -0.05) is 12.1 Å². The summed E-state index contributed by atoms with van der Waals surface area (Å²) in [6.07, 6.45) is 1.67. The fraction of sp³-hybridized carbons (Fsp3) is 0. The summed E-state index contributed by atoms with van der Waals surface area (Å²) < 4.78 is 1.89.